The molecule has 3 rings (SSSR count). The fraction of sp³-hybridized carbons (Fsp3) is 0.263. The van der Waals surface area contributed by atoms with E-state index >= 15 is 0 Å². The minimum Gasteiger partial charge on any atom is -0.408 e. The molecule has 0 aliphatic heterocycles. The second kappa shape index (κ2) is 6.74. The lowest BCUT2D eigenvalue weighted by Gasteiger charge is -2.21. The number of rotatable bonds is 5. The Morgan fingerprint density at radius 1 is 1.12 bits per heavy atom. The van der Waals surface area contributed by atoms with Crippen LogP contribution in [0.4, 0.5) is 0 Å². The van der Waals surface area contributed by atoms with Crippen LogP contribution in [0.15, 0.2) is 57.7 Å². The van der Waals surface area contributed by atoms with Crippen molar-refractivity contribution in [2.75, 3.05) is 6.54 Å². The Morgan fingerprint density at radius 2 is 1.88 bits per heavy atom. The lowest BCUT2D eigenvalue weighted by atomic mass is 10.1. The third kappa shape index (κ3) is 3.25. The third-order valence-corrected chi connectivity index (χ3v) is 4.16. The molecule has 0 bridgehead atoms. The summed E-state index contributed by atoms with van der Waals surface area (Å²) in [4.78, 5) is 26.0. The van der Waals surface area contributed by atoms with Crippen LogP contribution in [0.3, 0.4) is 0 Å². The van der Waals surface area contributed by atoms with Crippen molar-refractivity contribution in [1.82, 2.24) is 9.47 Å². The van der Waals surface area contributed by atoms with Gasteiger partial charge < -0.3 is 9.32 Å². The van der Waals surface area contributed by atoms with Gasteiger partial charge in [0.05, 0.1) is 11.9 Å². The first-order chi connectivity index (χ1) is 11.6. The van der Waals surface area contributed by atoms with E-state index in [2.05, 4.69) is 0 Å². The molecule has 5 heteroatoms. The quantitative estimate of drug-likeness (QED) is 0.725. The van der Waals surface area contributed by atoms with Crippen molar-refractivity contribution < 1.29 is 9.21 Å². The molecule has 0 spiro atoms. The van der Waals surface area contributed by atoms with Gasteiger partial charge in [-0.3, -0.25) is 9.36 Å². The first-order valence-corrected chi connectivity index (χ1v) is 7.98. The number of fused-ring (bicyclic) bond motifs is 1. The lowest BCUT2D eigenvalue weighted by molar-refractivity contribution is -0.130. The highest BCUT2D eigenvalue weighted by atomic mass is 16.4. The second-order valence-electron chi connectivity index (χ2n) is 5.80. The maximum atomic E-state index is 12.6. The molecule has 0 fully saturated rings. The van der Waals surface area contributed by atoms with Crippen molar-refractivity contribution in [3.05, 3.63) is 70.2 Å². The topological polar surface area (TPSA) is 55.5 Å². The molecule has 0 aliphatic rings. The van der Waals surface area contributed by atoms with Gasteiger partial charge in [0.25, 0.3) is 0 Å². The number of aromatic nitrogens is 1. The SMILES string of the molecule is CCN(Cc1ccccc1)C(=O)Cc1ccc2oc(=O)n(C)c2c1. The van der Waals surface area contributed by atoms with Gasteiger partial charge in [-0.1, -0.05) is 36.4 Å². The number of carbonyl (C=O) groups excluding carboxylic acids is 1. The molecule has 0 saturated heterocycles. The molecule has 0 unspecified atom stereocenters. The lowest BCUT2D eigenvalue weighted by Crippen LogP contribution is -2.31. The smallest absolute Gasteiger partial charge is 0.408 e. The summed E-state index contributed by atoms with van der Waals surface area (Å²) in [6.45, 7) is 3.23. The van der Waals surface area contributed by atoms with Gasteiger partial charge in [0.15, 0.2) is 5.58 Å². The number of hydrogen-bond acceptors (Lipinski definition) is 3. The number of nitrogens with zero attached hydrogens (tertiary/aromatic N) is 2. The molecule has 0 aliphatic carbocycles. The number of carbonyl (C=O) groups is 1. The second-order valence-corrected chi connectivity index (χ2v) is 5.80. The van der Waals surface area contributed by atoms with Gasteiger partial charge >= 0.3 is 5.76 Å². The monoisotopic (exact) mass is 324 g/mol. The van der Waals surface area contributed by atoms with E-state index in [1.54, 1.807) is 13.1 Å². The molecule has 0 radical (unpaired) electrons. The van der Waals surface area contributed by atoms with Crippen LogP contribution in [-0.4, -0.2) is 21.9 Å². The summed E-state index contributed by atoms with van der Waals surface area (Å²) in [5.74, 6) is -0.332. The van der Waals surface area contributed by atoms with Crippen molar-refractivity contribution >= 4 is 17.0 Å². The zero-order valence-electron chi connectivity index (χ0n) is 13.9. The number of aryl methyl sites for hydroxylation is 1. The zero-order chi connectivity index (χ0) is 17.1. The molecule has 3 aromatic rings. The van der Waals surface area contributed by atoms with E-state index in [1.165, 1.54) is 4.57 Å². The van der Waals surface area contributed by atoms with E-state index in [0.29, 0.717) is 30.6 Å². The van der Waals surface area contributed by atoms with E-state index in [1.807, 2.05) is 54.3 Å². The standard InChI is InChI=1S/C19H20N2O3/c1-3-21(13-14-7-5-4-6-8-14)18(22)12-15-9-10-17-16(11-15)20(2)19(23)24-17/h4-11H,3,12-13H2,1-2H3. The van der Waals surface area contributed by atoms with Crippen molar-refractivity contribution in [3.8, 4) is 0 Å². The molecular weight excluding hydrogens is 304 g/mol. The first-order valence-electron chi connectivity index (χ1n) is 7.98. The largest absolute Gasteiger partial charge is 0.419 e. The molecule has 1 aromatic heterocycles. The highest BCUT2D eigenvalue weighted by Crippen LogP contribution is 2.16. The Balaban J connectivity index is 1.77. The molecule has 5 nitrogen and oxygen atoms in total. The van der Waals surface area contributed by atoms with Gasteiger partial charge in [0.2, 0.25) is 5.91 Å². The van der Waals surface area contributed by atoms with E-state index in [4.69, 9.17) is 4.42 Å². The summed E-state index contributed by atoms with van der Waals surface area (Å²) in [5, 5.41) is 0. The minimum absolute atomic E-state index is 0.0641. The van der Waals surface area contributed by atoms with Crippen LogP contribution in [0.25, 0.3) is 11.1 Å². The number of benzene rings is 2. The molecule has 0 saturated carbocycles. The first kappa shape index (κ1) is 16.1. The molecule has 1 amide bonds. The minimum atomic E-state index is -0.396. The normalized spacial score (nSPS) is 10.9. The molecule has 124 valence electrons. The highest BCUT2D eigenvalue weighted by molar-refractivity contribution is 5.81. The van der Waals surface area contributed by atoms with Gasteiger partial charge in [0.1, 0.15) is 0 Å². The van der Waals surface area contributed by atoms with Crippen LogP contribution in [0, 0.1) is 0 Å². The summed E-state index contributed by atoms with van der Waals surface area (Å²) in [6, 6.07) is 15.4. The number of oxazole rings is 1. The van der Waals surface area contributed by atoms with Crippen LogP contribution < -0.4 is 5.76 Å². The summed E-state index contributed by atoms with van der Waals surface area (Å²) < 4.78 is 6.57. The molecule has 24 heavy (non-hydrogen) atoms. The van der Waals surface area contributed by atoms with E-state index in [9.17, 15) is 9.59 Å². The predicted octanol–water partition coefficient (Wildman–Crippen LogP) is 2.72. The fourth-order valence-corrected chi connectivity index (χ4v) is 2.75. The number of amides is 1. The van der Waals surface area contributed by atoms with Gasteiger partial charge in [-0.15, -0.1) is 0 Å². The van der Waals surface area contributed by atoms with Crippen molar-refractivity contribution in [2.24, 2.45) is 7.05 Å². The molecule has 1 heterocycles. The highest BCUT2D eigenvalue weighted by Gasteiger charge is 2.14. The average Bonchev–Trinajstić information content (AvgIpc) is 2.88. The van der Waals surface area contributed by atoms with Crippen LogP contribution >= 0.6 is 0 Å². The summed E-state index contributed by atoms with van der Waals surface area (Å²) in [5.41, 5.74) is 3.22. The Kier molecular flexibility index (Phi) is 4.51. The van der Waals surface area contributed by atoms with Crippen molar-refractivity contribution in [3.63, 3.8) is 0 Å². The maximum absolute atomic E-state index is 12.6. The Morgan fingerprint density at radius 3 is 2.58 bits per heavy atom. The van der Waals surface area contributed by atoms with Gasteiger partial charge in [-0.2, -0.15) is 0 Å². The summed E-state index contributed by atoms with van der Waals surface area (Å²) in [7, 11) is 1.66. The molecular formula is C19H20N2O3. The summed E-state index contributed by atoms with van der Waals surface area (Å²) in [6.07, 6.45) is 0.302. The van der Waals surface area contributed by atoms with Crippen LogP contribution in [0.5, 0.6) is 0 Å². The van der Waals surface area contributed by atoms with Crippen LogP contribution in [0.2, 0.25) is 0 Å². The van der Waals surface area contributed by atoms with Crippen LogP contribution in [-0.2, 0) is 24.8 Å². The molecule has 0 N–H and O–H groups in total. The van der Waals surface area contributed by atoms with Crippen molar-refractivity contribution in [2.45, 2.75) is 19.9 Å². The van der Waals surface area contributed by atoms with Gasteiger partial charge in [-0.05, 0) is 30.2 Å². The Hall–Kier alpha value is -2.82. The van der Waals surface area contributed by atoms with Gasteiger partial charge in [-0.25, -0.2) is 4.79 Å². The molecule has 2 aromatic carbocycles. The van der Waals surface area contributed by atoms with E-state index in [0.717, 1.165) is 11.1 Å². The van der Waals surface area contributed by atoms with Gasteiger partial charge in [0, 0.05) is 20.1 Å². The third-order valence-electron chi connectivity index (χ3n) is 4.16. The number of hydrogen-bond donors (Lipinski definition) is 0. The van der Waals surface area contributed by atoms with E-state index < -0.39 is 5.76 Å². The fourth-order valence-electron chi connectivity index (χ4n) is 2.75. The Labute approximate surface area is 140 Å². The zero-order valence-corrected chi connectivity index (χ0v) is 13.9. The van der Waals surface area contributed by atoms with E-state index in [-0.39, 0.29) is 5.91 Å². The van der Waals surface area contributed by atoms with Crippen molar-refractivity contribution in [1.29, 1.82) is 0 Å². The molecule has 0 atom stereocenters. The number of likely N-dealkylation sites (N-methyl/N-ethyl adjacent to an activating group) is 1. The maximum Gasteiger partial charge on any atom is 0.419 e. The predicted molar refractivity (Wildman–Crippen MR) is 92.7 cm³/mol. The average molecular weight is 324 g/mol. The summed E-state index contributed by atoms with van der Waals surface area (Å²) >= 11 is 0. The Bertz CT molecular complexity index is 909. The van der Waals surface area contributed by atoms with Crippen LogP contribution in [0.1, 0.15) is 18.1 Å².